The highest BCUT2D eigenvalue weighted by atomic mass is 32.2. The van der Waals surface area contributed by atoms with E-state index in [0.717, 1.165) is 58.9 Å². The van der Waals surface area contributed by atoms with Gasteiger partial charge in [0.2, 0.25) is 0 Å². The largest absolute Gasteiger partial charge is 0.342 e. The number of pyridine rings is 2. The minimum atomic E-state index is -0.261. The molecule has 34 heavy (non-hydrogen) atoms. The minimum Gasteiger partial charge on any atom is -0.342 e. The number of nitrogens with one attached hydrogen (secondary N) is 1. The van der Waals surface area contributed by atoms with E-state index in [1.54, 1.807) is 11.8 Å². The normalized spacial score (nSPS) is 15.2. The van der Waals surface area contributed by atoms with E-state index in [1.165, 1.54) is 0 Å². The maximum Gasteiger partial charge on any atom is 0.252 e. The molecule has 1 fully saturated rings. The molecule has 0 bridgehead atoms. The second-order valence-corrected chi connectivity index (χ2v) is 11.0. The fourth-order valence-corrected chi connectivity index (χ4v) is 4.85. The van der Waals surface area contributed by atoms with Gasteiger partial charge in [-0.2, -0.15) is 16.9 Å². The number of fused-ring (bicyclic) bond motifs is 2. The van der Waals surface area contributed by atoms with Crippen LogP contribution in [0.3, 0.4) is 0 Å². The minimum absolute atomic E-state index is 0.121. The Hall–Kier alpha value is -2.94. The average molecular weight is 478 g/mol. The third kappa shape index (κ3) is 4.17. The van der Waals surface area contributed by atoms with Crippen molar-refractivity contribution in [1.82, 2.24) is 34.7 Å². The van der Waals surface area contributed by atoms with E-state index in [0.29, 0.717) is 11.5 Å². The highest BCUT2D eigenvalue weighted by Crippen LogP contribution is 2.41. The lowest BCUT2D eigenvalue weighted by Crippen LogP contribution is -2.31. The van der Waals surface area contributed by atoms with E-state index in [2.05, 4.69) is 42.5 Å². The number of amides is 1. The Bertz CT molecular complexity index is 1360. The molecular formula is C25H31N7OS. The maximum absolute atomic E-state index is 13.8. The van der Waals surface area contributed by atoms with Crippen LogP contribution in [0.5, 0.6) is 0 Å². The summed E-state index contributed by atoms with van der Waals surface area (Å²) in [6.07, 6.45) is 7.00. The van der Waals surface area contributed by atoms with Crippen molar-refractivity contribution in [2.75, 3.05) is 12.0 Å². The molecule has 178 valence electrons. The molecule has 1 saturated carbocycles. The number of aryl methyl sites for hydroxylation is 1. The van der Waals surface area contributed by atoms with Gasteiger partial charge in [-0.3, -0.25) is 9.20 Å². The molecule has 5 rings (SSSR count). The van der Waals surface area contributed by atoms with Crippen LogP contribution < -0.4 is 5.32 Å². The lowest BCUT2D eigenvalue weighted by Gasteiger charge is -2.21. The van der Waals surface area contributed by atoms with E-state index in [1.807, 2.05) is 46.5 Å². The molecule has 4 heterocycles. The Morgan fingerprint density at radius 1 is 1.26 bits per heavy atom. The van der Waals surface area contributed by atoms with Gasteiger partial charge in [-0.25, -0.2) is 9.67 Å². The summed E-state index contributed by atoms with van der Waals surface area (Å²) in [5, 5.41) is 17.6. The zero-order chi connectivity index (χ0) is 24.0. The van der Waals surface area contributed by atoms with Crippen molar-refractivity contribution in [3.63, 3.8) is 0 Å². The zero-order valence-electron chi connectivity index (χ0n) is 20.4. The predicted octanol–water partition coefficient (Wildman–Crippen LogP) is 4.64. The molecule has 1 aliphatic rings. The molecule has 1 atom stereocenters. The van der Waals surface area contributed by atoms with Gasteiger partial charge in [0.25, 0.3) is 5.91 Å². The first-order valence-corrected chi connectivity index (χ1v) is 13.2. The van der Waals surface area contributed by atoms with Crippen LogP contribution in [0.25, 0.3) is 16.7 Å². The lowest BCUT2D eigenvalue weighted by atomic mass is 10.1. The summed E-state index contributed by atoms with van der Waals surface area (Å²) < 4.78 is 3.91. The van der Waals surface area contributed by atoms with Gasteiger partial charge in [-0.1, -0.05) is 6.07 Å². The Morgan fingerprint density at radius 3 is 2.76 bits per heavy atom. The molecular weight excluding hydrogens is 446 g/mol. The van der Waals surface area contributed by atoms with E-state index in [4.69, 9.17) is 10.1 Å². The third-order valence-corrected chi connectivity index (χ3v) is 6.92. The molecule has 1 N–H and O–H groups in total. The first kappa shape index (κ1) is 22.8. The average Bonchev–Trinajstić information content (AvgIpc) is 3.48. The van der Waals surface area contributed by atoms with Crippen LogP contribution in [0.4, 0.5) is 0 Å². The summed E-state index contributed by atoms with van der Waals surface area (Å²) in [5.41, 5.74) is 3.76. The highest BCUT2D eigenvalue weighted by Gasteiger charge is 2.31. The molecule has 0 radical (unpaired) electrons. The maximum atomic E-state index is 13.8. The fourth-order valence-electron chi connectivity index (χ4n) is 4.38. The summed E-state index contributed by atoms with van der Waals surface area (Å²) in [5.74, 6) is 1.94. The van der Waals surface area contributed by atoms with Crippen molar-refractivity contribution >= 4 is 34.3 Å². The second-order valence-electron chi connectivity index (χ2n) is 10.0. The molecule has 1 aliphatic carbocycles. The number of carbonyl (C=O) groups excluding carboxylic acids is 1. The number of nitrogens with zero attached hydrogens (tertiary/aromatic N) is 6. The topological polar surface area (TPSA) is 90.0 Å². The summed E-state index contributed by atoms with van der Waals surface area (Å²) in [6.45, 7) is 8.29. The van der Waals surface area contributed by atoms with Gasteiger partial charge >= 0.3 is 0 Å². The molecule has 4 aromatic heterocycles. The highest BCUT2D eigenvalue weighted by molar-refractivity contribution is 7.98. The van der Waals surface area contributed by atoms with E-state index < -0.39 is 0 Å². The summed E-state index contributed by atoms with van der Waals surface area (Å²) in [6, 6.07) is 7.52. The Labute approximate surface area is 203 Å². The molecule has 1 unspecified atom stereocenters. The van der Waals surface area contributed by atoms with Crippen LogP contribution in [-0.4, -0.2) is 47.3 Å². The van der Waals surface area contributed by atoms with Crippen molar-refractivity contribution in [3.8, 4) is 0 Å². The van der Waals surface area contributed by atoms with E-state index in [-0.39, 0.29) is 17.5 Å². The first-order valence-electron chi connectivity index (χ1n) is 11.8. The van der Waals surface area contributed by atoms with Crippen molar-refractivity contribution in [2.24, 2.45) is 0 Å². The number of carbonyl (C=O) groups is 1. The van der Waals surface area contributed by atoms with Gasteiger partial charge in [0.1, 0.15) is 0 Å². The van der Waals surface area contributed by atoms with Gasteiger partial charge in [-0.05, 0) is 77.2 Å². The number of rotatable bonds is 7. The molecule has 1 amide bonds. The quantitative estimate of drug-likeness (QED) is 0.417. The van der Waals surface area contributed by atoms with Gasteiger partial charge < -0.3 is 5.32 Å². The van der Waals surface area contributed by atoms with E-state index >= 15 is 0 Å². The summed E-state index contributed by atoms with van der Waals surface area (Å²) >= 11 is 1.75. The van der Waals surface area contributed by atoms with Crippen LogP contribution in [0.1, 0.15) is 79.6 Å². The van der Waals surface area contributed by atoms with Crippen LogP contribution >= 0.6 is 11.8 Å². The molecule has 8 nitrogen and oxygen atoms in total. The first-order chi connectivity index (χ1) is 16.3. The number of hydrogen-bond acceptors (Lipinski definition) is 6. The summed E-state index contributed by atoms with van der Waals surface area (Å²) in [4.78, 5) is 18.8. The van der Waals surface area contributed by atoms with Gasteiger partial charge in [-0.15, -0.1) is 10.2 Å². The molecule has 0 aliphatic heterocycles. The molecule has 0 spiro atoms. The Kier molecular flexibility index (Phi) is 5.83. The smallest absolute Gasteiger partial charge is 0.252 e. The molecule has 4 aromatic rings. The molecule has 9 heteroatoms. The Balaban J connectivity index is 1.58. The lowest BCUT2D eigenvalue weighted by molar-refractivity contribution is 0.0935. The van der Waals surface area contributed by atoms with Crippen molar-refractivity contribution < 1.29 is 4.79 Å². The van der Waals surface area contributed by atoms with Crippen LogP contribution in [0.15, 0.2) is 30.5 Å². The zero-order valence-corrected chi connectivity index (χ0v) is 21.2. The van der Waals surface area contributed by atoms with Gasteiger partial charge in [0.15, 0.2) is 17.1 Å². The second kappa shape index (κ2) is 8.69. The van der Waals surface area contributed by atoms with Gasteiger partial charge in [0.05, 0.1) is 28.2 Å². The summed E-state index contributed by atoms with van der Waals surface area (Å²) in [7, 11) is 0. The Morgan fingerprint density at radius 2 is 2.06 bits per heavy atom. The van der Waals surface area contributed by atoms with Crippen molar-refractivity contribution in [2.45, 2.75) is 64.5 Å². The third-order valence-electron chi connectivity index (χ3n) is 6.28. The van der Waals surface area contributed by atoms with Crippen LogP contribution in [0, 0.1) is 6.92 Å². The molecule has 0 saturated heterocycles. The number of hydrogen-bond donors (Lipinski definition) is 1. The monoisotopic (exact) mass is 477 g/mol. The van der Waals surface area contributed by atoms with Crippen molar-refractivity contribution in [3.05, 3.63) is 53.2 Å². The van der Waals surface area contributed by atoms with Crippen LogP contribution in [0.2, 0.25) is 0 Å². The SMILES string of the molecule is CSCCC(NC(=O)c1cc(C2CC2)nc2c1c(C)nn2C(C)(C)C)c1nnc2ccccn12. The predicted molar refractivity (Wildman–Crippen MR) is 135 cm³/mol. The fraction of sp³-hybridized carbons (Fsp3) is 0.480. The molecule has 0 aromatic carbocycles. The number of thioether (sulfide) groups is 1. The standard InChI is InChI=1S/C25H31N7OS/c1-15-21-17(14-19(16-9-10-16)26-23(21)32(30-15)25(2,3)4)24(33)27-18(11-13-34-5)22-29-28-20-8-6-7-12-31(20)22/h6-8,12,14,16,18H,9-11,13H2,1-5H3,(H,27,33). The van der Waals surface area contributed by atoms with E-state index in [9.17, 15) is 4.79 Å². The number of aromatic nitrogens is 6. The van der Waals surface area contributed by atoms with Crippen molar-refractivity contribution in [1.29, 1.82) is 0 Å². The van der Waals surface area contributed by atoms with Crippen LogP contribution in [-0.2, 0) is 5.54 Å². The van der Waals surface area contributed by atoms with Gasteiger partial charge in [0, 0.05) is 17.8 Å².